The van der Waals surface area contributed by atoms with Gasteiger partial charge in [0, 0.05) is 12.1 Å². The number of aryl methyl sites for hydroxylation is 1. The molecule has 0 atom stereocenters. The number of amides is 1. The fourth-order valence-electron chi connectivity index (χ4n) is 3.11. The molecule has 1 aliphatic rings. The molecule has 1 heterocycles. The number of rotatable bonds is 6. The summed E-state index contributed by atoms with van der Waals surface area (Å²) >= 11 is 0. The summed E-state index contributed by atoms with van der Waals surface area (Å²) in [6.45, 7) is 2.21. The van der Waals surface area contributed by atoms with E-state index >= 15 is 0 Å². The number of nitrogens with zero attached hydrogens (tertiary/aromatic N) is 3. The van der Waals surface area contributed by atoms with Crippen molar-refractivity contribution in [2.45, 2.75) is 45.1 Å². The minimum Gasteiger partial charge on any atom is -0.456 e. The Kier molecular flexibility index (Phi) is 4.95. The van der Waals surface area contributed by atoms with Crippen LogP contribution in [0.4, 0.5) is 0 Å². The number of hydrogen-bond acceptors (Lipinski definition) is 3. The second-order valence-electron chi connectivity index (χ2n) is 6.06. The van der Waals surface area contributed by atoms with Gasteiger partial charge in [-0.1, -0.05) is 37.5 Å². The van der Waals surface area contributed by atoms with Gasteiger partial charge < -0.3 is 9.64 Å². The molecule has 0 radical (unpaired) electrons. The van der Waals surface area contributed by atoms with E-state index in [1.165, 1.54) is 19.3 Å². The molecule has 5 heteroatoms. The molecule has 1 aliphatic carbocycles. The Morgan fingerprint density at radius 2 is 2.00 bits per heavy atom. The van der Waals surface area contributed by atoms with Gasteiger partial charge in [-0.15, -0.1) is 0 Å². The summed E-state index contributed by atoms with van der Waals surface area (Å²) in [5.74, 6) is 0.663. The van der Waals surface area contributed by atoms with Crippen molar-refractivity contribution in [3.8, 4) is 11.6 Å². The Morgan fingerprint density at radius 1 is 1.26 bits per heavy atom. The predicted octanol–water partition coefficient (Wildman–Crippen LogP) is 3.31. The molecule has 23 heavy (non-hydrogen) atoms. The summed E-state index contributed by atoms with van der Waals surface area (Å²) in [6.07, 6.45) is 6.69. The second kappa shape index (κ2) is 7.31. The SMILES string of the molecule is Cc1cc(OCN(C=O)C2CCCCC2)n(-c2ccccc2)n1. The van der Waals surface area contributed by atoms with E-state index in [2.05, 4.69) is 5.10 Å². The van der Waals surface area contributed by atoms with Crippen LogP contribution in [0.25, 0.3) is 5.69 Å². The first-order valence-corrected chi connectivity index (χ1v) is 8.24. The second-order valence-corrected chi connectivity index (χ2v) is 6.06. The maximum Gasteiger partial charge on any atom is 0.218 e. The van der Waals surface area contributed by atoms with Crippen molar-refractivity contribution in [1.29, 1.82) is 0 Å². The molecule has 0 spiro atoms. The van der Waals surface area contributed by atoms with Gasteiger partial charge in [-0.05, 0) is 31.9 Å². The van der Waals surface area contributed by atoms with Crippen molar-refractivity contribution in [3.63, 3.8) is 0 Å². The summed E-state index contributed by atoms with van der Waals surface area (Å²) < 4.78 is 7.69. The number of hydrogen-bond donors (Lipinski definition) is 0. The predicted molar refractivity (Wildman–Crippen MR) is 88.6 cm³/mol. The molecule has 0 saturated heterocycles. The Balaban J connectivity index is 1.71. The number of ether oxygens (including phenoxy) is 1. The van der Waals surface area contributed by atoms with E-state index in [9.17, 15) is 4.79 Å². The van der Waals surface area contributed by atoms with Gasteiger partial charge in [0.25, 0.3) is 0 Å². The minimum atomic E-state index is 0.270. The Hall–Kier alpha value is -2.30. The highest BCUT2D eigenvalue weighted by Gasteiger charge is 2.20. The molecule has 1 fully saturated rings. The third-order valence-electron chi connectivity index (χ3n) is 4.34. The zero-order valence-corrected chi connectivity index (χ0v) is 13.5. The summed E-state index contributed by atoms with van der Waals surface area (Å²) in [6, 6.07) is 12.1. The standard InChI is InChI=1S/C18H23N3O2/c1-15-12-18(21(19-15)17-10-6-3-7-11-17)23-14-20(13-22)16-8-4-2-5-9-16/h3,6-7,10-13,16H,2,4-5,8-9,14H2,1H3. The third-order valence-corrected chi connectivity index (χ3v) is 4.34. The van der Waals surface area contributed by atoms with Crippen molar-refractivity contribution in [2.24, 2.45) is 0 Å². The van der Waals surface area contributed by atoms with Crippen LogP contribution in [0.5, 0.6) is 5.88 Å². The van der Waals surface area contributed by atoms with Crippen LogP contribution in [-0.4, -0.2) is 33.9 Å². The van der Waals surface area contributed by atoms with Crippen molar-refractivity contribution in [2.75, 3.05) is 6.73 Å². The minimum absolute atomic E-state index is 0.270. The Morgan fingerprint density at radius 3 is 2.70 bits per heavy atom. The number of carbonyl (C=O) groups excluding carboxylic acids is 1. The fourth-order valence-corrected chi connectivity index (χ4v) is 3.11. The average Bonchev–Trinajstić information content (AvgIpc) is 2.98. The molecular weight excluding hydrogens is 290 g/mol. The average molecular weight is 313 g/mol. The van der Waals surface area contributed by atoms with Gasteiger partial charge in [0.1, 0.15) is 0 Å². The lowest BCUT2D eigenvalue weighted by Crippen LogP contribution is -2.38. The smallest absolute Gasteiger partial charge is 0.218 e. The fraction of sp³-hybridized carbons (Fsp3) is 0.444. The summed E-state index contributed by atoms with van der Waals surface area (Å²) in [7, 11) is 0. The number of aromatic nitrogens is 2. The highest BCUT2D eigenvalue weighted by Crippen LogP contribution is 2.23. The van der Waals surface area contributed by atoms with Gasteiger partial charge in [0.2, 0.25) is 12.3 Å². The van der Waals surface area contributed by atoms with E-state index in [1.807, 2.05) is 43.3 Å². The normalized spacial score (nSPS) is 15.3. The van der Waals surface area contributed by atoms with E-state index in [0.29, 0.717) is 11.9 Å². The lowest BCUT2D eigenvalue weighted by atomic mass is 9.95. The summed E-state index contributed by atoms with van der Waals surface area (Å²) in [4.78, 5) is 13.2. The van der Waals surface area contributed by atoms with Gasteiger partial charge in [0.05, 0.1) is 11.4 Å². The molecule has 5 nitrogen and oxygen atoms in total. The largest absolute Gasteiger partial charge is 0.456 e. The molecule has 0 aliphatic heterocycles. The topological polar surface area (TPSA) is 47.4 Å². The maximum atomic E-state index is 11.4. The monoisotopic (exact) mass is 313 g/mol. The first-order chi connectivity index (χ1) is 11.3. The van der Waals surface area contributed by atoms with E-state index in [4.69, 9.17) is 4.74 Å². The van der Waals surface area contributed by atoms with Crippen LogP contribution in [0.3, 0.4) is 0 Å². The van der Waals surface area contributed by atoms with Crippen molar-refractivity contribution >= 4 is 6.41 Å². The first kappa shape index (κ1) is 15.6. The molecule has 1 amide bonds. The molecule has 2 aromatic rings. The molecule has 0 bridgehead atoms. The van der Waals surface area contributed by atoms with E-state index in [1.54, 1.807) is 9.58 Å². The lowest BCUT2D eigenvalue weighted by Gasteiger charge is -2.30. The maximum absolute atomic E-state index is 11.4. The lowest BCUT2D eigenvalue weighted by molar-refractivity contribution is -0.124. The Bertz CT molecular complexity index is 633. The van der Waals surface area contributed by atoms with Crippen LogP contribution in [0.2, 0.25) is 0 Å². The molecule has 122 valence electrons. The van der Waals surface area contributed by atoms with Gasteiger partial charge >= 0.3 is 0 Å². The van der Waals surface area contributed by atoms with Crippen molar-refractivity contribution < 1.29 is 9.53 Å². The molecule has 1 saturated carbocycles. The highest BCUT2D eigenvalue weighted by atomic mass is 16.5. The summed E-state index contributed by atoms with van der Waals surface area (Å²) in [5, 5.41) is 4.48. The molecular formula is C18H23N3O2. The highest BCUT2D eigenvalue weighted by molar-refractivity contribution is 5.47. The van der Waals surface area contributed by atoms with Crippen LogP contribution in [-0.2, 0) is 4.79 Å². The van der Waals surface area contributed by atoms with Crippen LogP contribution in [0.15, 0.2) is 36.4 Å². The third kappa shape index (κ3) is 3.73. The van der Waals surface area contributed by atoms with Crippen LogP contribution < -0.4 is 4.74 Å². The number of carbonyl (C=O) groups is 1. The van der Waals surface area contributed by atoms with Crippen molar-refractivity contribution in [1.82, 2.24) is 14.7 Å². The summed E-state index contributed by atoms with van der Waals surface area (Å²) in [5.41, 5.74) is 1.84. The number of para-hydroxylation sites is 1. The van der Waals surface area contributed by atoms with Gasteiger partial charge in [-0.3, -0.25) is 4.79 Å². The Labute approximate surface area is 136 Å². The molecule has 3 rings (SSSR count). The van der Waals surface area contributed by atoms with Crippen LogP contribution >= 0.6 is 0 Å². The quantitative estimate of drug-likeness (QED) is 0.607. The van der Waals surface area contributed by atoms with Crippen LogP contribution in [0, 0.1) is 6.92 Å². The molecule has 0 N–H and O–H groups in total. The van der Waals surface area contributed by atoms with Crippen LogP contribution in [0.1, 0.15) is 37.8 Å². The van der Waals surface area contributed by atoms with E-state index in [-0.39, 0.29) is 6.73 Å². The van der Waals surface area contributed by atoms with Gasteiger partial charge in [0.15, 0.2) is 6.73 Å². The van der Waals surface area contributed by atoms with E-state index in [0.717, 1.165) is 30.6 Å². The molecule has 1 aromatic carbocycles. The zero-order chi connectivity index (χ0) is 16.1. The molecule has 1 aromatic heterocycles. The van der Waals surface area contributed by atoms with Gasteiger partial charge in [-0.2, -0.15) is 5.10 Å². The van der Waals surface area contributed by atoms with Gasteiger partial charge in [-0.25, -0.2) is 4.68 Å². The molecule has 0 unspecified atom stereocenters. The first-order valence-electron chi connectivity index (χ1n) is 8.24. The van der Waals surface area contributed by atoms with E-state index < -0.39 is 0 Å². The number of benzene rings is 1. The zero-order valence-electron chi connectivity index (χ0n) is 13.5. The van der Waals surface area contributed by atoms with Crippen molar-refractivity contribution in [3.05, 3.63) is 42.1 Å².